The Morgan fingerprint density at radius 1 is 1.18 bits per heavy atom. The summed E-state index contributed by atoms with van der Waals surface area (Å²) in [5.74, 6) is 3.01. The molecule has 2 aromatic carbocycles. The highest BCUT2D eigenvalue weighted by atomic mass is 32.3. The third-order valence-electron chi connectivity index (χ3n) is 7.03. The third kappa shape index (κ3) is 3.74. The zero-order valence-corrected chi connectivity index (χ0v) is 21.5. The normalized spacial score (nSPS) is 14.7. The molecule has 3 aromatic heterocycles. The Hall–Kier alpha value is -4.20. The molecule has 6 rings (SSSR count). The number of likely N-dealkylation sites (N-methyl/N-ethyl adjacent to an activating group) is 1. The van der Waals surface area contributed by atoms with E-state index in [-0.39, 0.29) is 11.5 Å². The molecule has 0 unspecified atom stereocenters. The average molecular weight is 531 g/mol. The summed E-state index contributed by atoms with van der Waals surface area (Å²) in [6, 6.07) is 10.3. The standard InChI is InChI=1S/C28H23FN4O4S/c1-4-16-6-7-20-23(8-16)31-28-26(20)27(34)22-11-25(37-5-2)21(10-24(22)33(28)18-14-32(3)15-18)17-9-19(13-30-12-17)38(29,35)36/h1,6-13,18,31H,5,14-15H2,2-3H3. The van der Waals surface area contributed by atoms with E-state index in [0.29, 0.717) is 51.0 Å². The fourth-order valence-corrected chi connectivity index (χ4v) is 5.75. The number of aromatic amines is 1. The summed E-state index contributed by atoms with van der Waals surface area (Å²) in [6.07, 6.45) is 8.01. The lowest BCUT2D eigenvalue weighted by Gasteiger charge is -2.39. The fourth-order valence-electron chi connectivity index (χ4n) is 5.30. The van der Waals surface area contributed by atoms with Crippen LogP contribution in [0.15, 0.2) is 58.5 Å². The molecule has 0 radical (unpaired) electrons. The predicted molar refractivity (Wildman–Crippen MR) is 145 cm³/mol. The zero-order valence-electron chi connectivity index (χ0n) is 20.7. The minimum Gasteiger partial charge on any atom is -0.493 e. The molecule has 8 nitrogen and oxygen atoms in total. The Morgan fingerprint density at radius 2 is 1.97 bits per heavy atom. The van der Waals surface area contributed by atoms with Crippen LogP contribution in [0.2, 0.25) is 0 Å². The van der Waals surface area contributed by atoms with Crippen molar-refractivity contribution in [3.8, 4) is 29.2 Å². The van der Waals surface area contributed by atoms with Crippen molar-refractivity contribution in [3.05, 3.63) is 64.6 Å². The molecule has 0 saturated carbocycles. The van der Waals surface area contributed by atoms with Gasteiger partial charge in [-0.3, -0.25) is 9.78 Å². The van der Waals surface area contributed by atoms with E-state index in [2.05, 4.69) is 25.4 Å². The molecule has 1 fully saturated rings. The number of hydrogen-bond donors (Lipinski definition) is 1. The number of benzene rings is 2. The van der Waals surface area contributed by atoms with Crippen LogP contribution in [0.25, 0.3) is 44.0 Å². The first-order chi connectivity index (χ1) is 18.2. The molecule has 0 amide bonds. The van der Waals surface area contributed by atoms with Crippen molar-refractivity contribution in [3.63, 3.8) is 0 Å². The number of likely N-dealkylation sites (tertiary alicyclic amines) is 1. The summed E-state index contributed by atoms with van der Waals surface area (Å²) in [7, 11) is -2.94. The highest BCUT2D eigenvalue weighted by molar-refractivity contribution is 7.86. The van der Waals surface area contributed by atoms with Crippen LogP contribution in [-0.4, -0.2) is 54.6 Å². The van der Waals surface area contributed by atoms with Gasteiger partial charge in [0.1, 0.15) is 16.3 Å². The molecule has 1 saturated heterocycles. The molecular weight excluding hydrogens is 507 g/mol. The first-order valence-corrected chi connectivity index (χ1v) is 13.4. The lowest BCUT2D eigenvalue weighted by Crippen LogP contribution is -2.45. The summed E-state index contributed by atoms with van der Waals surface area (Å²) in [5, 5.41) is 1.80. The number of pyridine rings is 2. The van der Waals surface area contributed by atoms with Crippen molar-refractivity contribution in [1.82, 2.24) is 19.4 Å². The van der Waals surface area contributed by atoms with Crippen LogP contribution >= 0.6 is 0 Å². The van der Waals surface area contributed by atoms with Gasteiger partial charge in [-0.25, -0.2) is 0 Å². The Kier molecular flexibility index (Phi) is 5.52. The molecule has 5 aromatic rings. The second kappa shape index (κ2) is 8.68. The van der Waals surface area contributed by atoms with Gasteiger partial charge in [0.15, 0.2) is 5.43 Å². The number of hydrogen-bond acceptors (Lipinski definition) is 6. The highest BCUT2D eigenvalue weighted by Crippen LogP contribution is 2.38. The molecule has 38 heavy (non-hydrogen) atoms. The van der Waals surface area contributed by atoms with E-state index >= 15 is 0 Å². The van der Waals surface area contributed by atoms with E-state index in [1.807, 2.05) is 32.2 Å². The monoisotopic (exact) mass is 530 g/mol. The first-order valence-electron chi connectivity index (χ1n) is 12.0. The van der Waals surface area contributed by atoms with Gasteiger partial charge in [-0.05, 0) is 44.3 Å². The molecule has 1 aliphatic rings. The van der Waals surface area contributed by atoms with E-state index in [1.54, 1.807) is 12.1 Å². The van der Waals surface area contributed by atoms with E-state index in [1.165, 1.54) is 12.3 Å². The van der Waals surface area contributed by atoms with Crippen molar-refractivity contribution in [2.45, 2.75) is 17.9 Å². The molecule has 192 valence electrons. The Balaban J connectivity index is 1.73. The van der Waals surface area contributed by atoms with Gasteiger partial charge in [0.05, 0.1) is 28.9 Å². The number of nitrogens with zero attached hydrogens (tertiary/aromatic N) is 3. The van der Waals surface area contributed by atoms with E-state index in [0.717, 1.165) is 30.2 Å². The van der Waals surface area contributed by atoms with Crippen molar-refractivity contribution >= 4 is 43.1 Å². The van der Waals surface area contributed by atoms with Crippen LogP contribution in [0.5, 0.6) is 5.75 Å². The Labute approximate surface area is 217 Å². The van der Waals surface area contributed by atoms with Crippen LogP contribution in [0.1, 0.15) is 18.5 Å². The molecule has 0 aliphatic carbocycles. The van der Waals surface area contributed by atoms with E-state index < -0.39 is 15.1 Å². The van der Waals surface area contributed by atoms with Gasteiger partial charge >= 0.3 is 10.2 Å². The number of fused-ring (bicyclic) bond motifs is 4. The van der Waals surface area contributed by atoms with E-state index in [9.17, 15) is 17.1 Å². The topological polar surface area (TPSA) is 97.3 Å². The molecule has 10 heteroatoms. The number of aromatic nitrogens is 3. The largest absolute Gasteiger partial charge is 0.493 e. The molecule has 0 atom stereocenters. The van der Waals surface area contributed by atoms with Gasteiger partial charge in [-0.2, -0.15) is 8.42 Å². The molecule has 1 N–H and O–H groups in total. The second-order valence-corrected chi connectivity index (χ2v) is 10.8. The van der Waals surface area contributed by atoms with Crippen LogP contribution in [0.3, 0.4) is 0 Å². The van der Waals surface area contributed by atoms with Gasteiger partial charge in [-0.15, -0.1) is 10.3 Å². The summed E-state index contributed by atoms with van der Waals surface area (Å²) in [5.41, 5.74) is 3.49. The smallest absolute Gasteiger partial charge is 0.333 e. The quantitative estimate of drug-likeness (QED) is 0.270. The SMILES string of the molecule is C#Cc1ccc2c(c1)[nH]c1c2c(=O)c2cc(OCC)c(-c3cncc(S(=O)(=O)F)c3)cc2n1C1CN(C)C1. The minimum atomic E-state index is -4.96. The van der Waals surface area contributed by atoms with Gasteiger partial charge in [0.25, 0.3) is 0 Å². The van der Waals surface area contributed by atoms with Crippen molar-refractivity contribution in [2.75, 3.05) is 26.7 Å². The van der Waals surface area contributed by atoms with Crippen molar-refractivity contribution in [2.24, 2.45) is 0 Å². The van der Waals surface area contributed by atoms with Gasteiger partial charge in [0.2, 0.25) is 0 Å². The third-order valence-corrected chi connectivity index (χ3v) is 7.82. The summed E-state index contributed by atoms with van der Waals surface area (Å²) in [6.45, 7) is 3.66. The number of terminal acetylenes is 1. The number of rotatable bonds is 5. The fraction of sp³-hybridized carbons (Fsp3) is 0.214. The first kappa shape index (κ1) is 24.2. The van der Waals surface area contributed by atoms with Crippen LogP contribution < -0.4 is 10.2 Å². The van der Waals surface area contributed by atoms with Crippen LogP contribution in [0, 0.1) is 12.3 Å². The Morgan fingerprint density at radius 3 is 2.66 bits per heavy atom. The zero-order chi connectivity index (χ0) is 26.8. The maximum Gasteiger partial charge on any atom is 0.333 e. The molecule has 4 heterocycles. The van der Waals surface area contributed by atoms with Gasteiger partial charge in [0, 0.05) is 53.1 Å². The van der Waals surface area contributed by atoms with Gasteiger partial charge < -0.3 is 19.2 Å². The van der Waals surface area contributed by atoms with Crippen LogP contribution in [0.4, 0.5) is 3.89 Å². The predicted octanol–water partition coefficient (Wildman–Crippen LogP) is 4.22. The lowest BCUT2D eigenvalue weighted by atomic mass is 10.00. The number of halogens is 1. The summed E-state index contributed by atoms with van der Waals surface area (Å²) < 4.78 is 45.0. The van der Waals surface area contributed by atoms with Crippen molar-refractivity contribution in [1.29, 1.82) is 0 Å². The molecule has 0 spiro atoms. The summed E-state index contributed by atoms with van der Waals surface area (Å²) in [4.78, 5) is 23.0. The highest BCUT2D eigenvalue weighted by Gasteiger charge is 2.30. The minimum absolute atomic E-state index is 0.0761. The maximum atomic E-state index is 14.0. The molecule has 1 aliphatic heterocycles. The summed E-state index contributed by atoms with van der Waals surface area (Å²) >= 11 is 0. The van der Waals surface area contributed by atoms with E-state index in [4.69, 9.17) is 11.2 Å². The Bertz CT molecular complexity index is 1980. The number of nitrogens with one attached hydrogen (secondary N) is 1. The van der Waals surface area contributed by atoms with Crippen LogP contribution in [-0.2, 0) is 10.2 Å². The average Bonchev–Trinajstić information content (AvgIpc) is 3.26. The second-order valence-electron chi connectivity index (χ2n) is 9.47. The lowest BCUT2D eigenvalue weighted by molar-refractivity contribution is 0.146. The maximum absolute atomic E-state index is 14.0. The molecule has 0 bridgehead atoms. The van der Waals surface area contributed by atoms with Crippen molar-refractivity contribution < 1.29 is 17.0 Å². The number of ether oxygens (including phenoxy) is 1. The molecular formula is C28H23FN4O4S. The van der Waals surface area contributed by atoms with Gasteiger partial charge in [-0.1, -0.05) is 12.0 Å². The number of H-pyrrole nitrogens is 1.